The third-order valence-electron chi connectivity index (χ3n) is 5.11. The van der Waals surface area contributed by atoms with E-state index in [1.165, 1.54) is 11.5 Å². The van der Waals surface area contributed by atoms with Crippen molar-refractivity contribution in [3.05, 3.63) is 77.6 Å². The number of fused-ring (bicyclic) bond motifs is 1. The molecule has 0 fully saturated rings. The minimum absolute atomic E-state index is 0.129. The summed E-state index contributed by atoms with van der Waals surface area (Å²) in [4.78, 5) is 9.29. The number of rotatable bonds is 5. The Morgan fingerprint density at radius 3 is 2.71 bits per heavy atom. The van der Waals surface area contributed by atoms with E-state index < -0.39 is 0 Å². The third kappa shape index (κ3) is 3.61. The van der Waals surface area contributed by atoms with Crippen molar-refractivity contribution >= 4 is 22.4 Å². The van der Waals surface area contributed by atoms with E-state index in [1.807, 2.05) is 54.9 Å². The monoisotopic (exact) mass is 428 g/mol. The Bertz CT molecular complexity index is 1360. The molecule has 3 N–H and O–H groups in total. The summed E-state index contributed by atoms with van der Waals surface area (Å²) in [5.74, 6) is 0.639. The van der Waals surface area contributed by atoms with Crippen LogP contribution in [0.4, 0.5) is 0 Å². The van der Waals surface area contributed by atoms with Crippen molar-refractivity contribution in [3.63, 3.8) is 0 Å². The first kappa shape index (κ1) is 19.5. The maximum Gasteiger partial charge on any atom is 0.154 e. The molecule has 0 saturated carbocycles. The standard InChI is InChI=1S/C23H20N6OS/c1-14(24)19-5-3-6-20(27-19)15-10-17(21-8-9-31-28-21)18-12-25-29(22(18)11-15)23-7-2-4-16(13-30)26-23/h2-12,14,30H,13,24H2,1H3. The van der Waals surface area contributed by atoms with Gasteiger partial charge in [-0.1, -0.05) is 12.1 Å². The summed E-state index contributed by atoms with van der Waals surface area (Å²) < 4.78 is 6.32. The van der Waals surface area contributed by atoms with E-state index in [-0.39, 0.29) is 12.6 Å². The van der Waals surface area contributed by atoms with Gasteiger partial charge in [0, 0.05) is 27.9 Å². The van der Waals surface area contributed by atoms with Crippen LogP contribution in [-0.2, 0) is 6.61 Å². The number of aliphatic hydroxyl groups is 1. The van der Waals surface area contributed by atoms with Gasteiger partial charge in [0.05, 0.1) is 41.1 Å². The Kier molecular flexibility index (Phi) is 5.03. The quantitative estimate of drug-likeness (QED) is 0.437. The summed E-state index contributed by atoms with van der Waals surface area (Å²) in [6.45, 7) is 1.79. The molecule has 4 heterocycles. The number of aromatic nitrogens is 5. The lowest BCUT2D eigenvalue weighted by Gasteiger charge is -2.11. The Labute approximate surface area is 183 Å². The highest BCUT2D eigenvalue weighted by atomic mass is 32.1. The van der Waals surface area contributed by atoms with Gasteiger partial charge in [0.2, 0.25) is 0 Å². The first-order valence-electron chi connectivity index (χ1n) is 9.86. The number of nitrogens with two attached hydrogens (primary N) is 1. The number of pyridine rings is 2. The van der Waals surface area contributed by atoms with Gasteiger partial charge in [-0.3, -0.25) is 4.98 Å². The molecule has 4 aromatic heterocycles. The fourth-order valence-electron chi connectivity index (χ4n) is 3.56. The van der Waals surface area contributed by atoms with Crippen molar-refractivity contribution in [1.82, 2.24) is 24.1 Å². The molecule has 0 bridgehead atoms. The molecule has 0 amide bonds. The fourth-order valence-corrected chi connectivity index (χ4v) is 4.08. The van der Waals surface area contributed by atoms with Crippen molar-refractivity contribution in [2.24, 2.45) is 5.73 Å². The molecule has 0 aliphatic heterocycles. The highest BCUT2D eigenvalue weighted by molar-refractivity contribution is 7.03. The second kappa shape index (κ2) is 7.99. The van der Waals surface area contributed by atoms with Crippen molar-refractivity contribution in [1.29, 1.82) is 0 Å². The van der Waals surface area contributed by atoms with Gasteiger partial charge in [-0.15, -0.1) is 0 Å². The van der Waals surface area contributed by atoms with Crippen molar-refractivity contribution in [3.8, 4) is 28.3 Å². The molecule has 1 atom stereocenters. The first-order valence-corrected chi connectivity index (χ1v) is 10.7. The van der Waals surface area contributed by atoms with E-state index in [4.69, 9.17) is 10.7 Å². The largest absolute Gasteiger partial charge is 0.390 e. The fraction of sp³-hybridized carbons (Fsp3) is 0.130. The van der Waals surface area contributed by atoms with Gasteiger partial charge in [-0.25, -0.2) is 9.67 Å². The predicted octanol–water partition coefficient (Wildman–Crippen LogP) is 4.12. The van der Waals surface area contributed by atoms with Gasteiger partial charge in [0.15, 0.2) is 5.82 Å². The molecule has 8 heteroatoms. The lowest BCUT2D eigenvalue weighted by Crippen LogP contribution is -2.07. The van der Waals surface area contributed by atoms with Crippen LogP contribution in [0.5, 0.6) is 0 Å². The van der Waals surface area contributed by atoms with E-state index in [9.17, 15) is 5.11 Å². The van der Waals surface area contributed by atoms with Crippen LogP contribution in [0.15, 0.2) is 66.2 Å². The zero-order valence-electron chi connectivity index (χ0n) is 16.8. The summed E-state index contributed by atoms with van der Waals surface area (Å²) in [5, 5.41) is 17.0. The van der Waals surface area contributed by atoms with Gasteiger partial charge >= 0.3 is 0 Å². The minimum Gasteiger partial charge on any atom is -0.390 e. The van der Waals surface area contributed by atoms with Gasteiger partial charge < -0.3 is 10.8 Å². The van der Waals surface area contributed by atoms with Gasteiger partial charge in [-0.05, 0) is 60.9 Å². The normalized spacial score (nSPS) is 12.4. The average Bonchev–Trinajstić information content (AvgIpc) is 3.49. The second-order valence-corrected chi connectivity index (χ2v) is 7.94. The van der Waals surface area contributed by atoms with E-state index in [0.717, 1.165) is 39.1 Å². The average molecular weight is 429 g/mol. The molecule has 0 aliphatic rings. The van der Waals surface area contributed by atoms with Crippen molar-refractivity contribution < 1.29 is 5.11 Å². The van der Waals surface area contributed by atoms with Crippen LogP contribution >= 0.6 is 11.5 Å². The number of hydrogen-bond acceptors (Lipinski definition) is 7. The number of nitrogens with zero attached hydrogens (tertiary/aromatic N) is 5. The zero-order valence-corrected chi connectivity index (χ0v) is 17.6. The van der Waals surface area contributed by atoms with Gasteiger partial charge in [0.25, 0.3) is 0 Å². The predicted molar refractivity (Wildman–Crippen MR) is 122 cm³/mol. The van der Waals surface area contributed by atoms with E-state index in [2.05, 4.69) is 26.6 Å². The summed E-state index contributed by atoms with van der Waals surface area (Å²) in [5.41, 5.74) is 12.0. The maximum absolute atomic E-state index is 9.49. The molecular formula is C23H20N6OS. The van der Waals surface area contributed by atoms with Crippen LogP contribution in [0.2, 0.25) is 0 Å². The zero-order chi connectivity index (χ0) is 21.4. The molecular weight excluding hydrogens is 408 g/mol. The molecule has 7 nitrogen and oxygen atoms in total. The van der Waals surface area contributed by atoms with Crippen molar-refractivity contribution in [2.75, 3.05) is 0 Å². The molecule has 0 saturated heterocycles. The molecule has 5 rings (SSSR count). The molecule has 0 spiro atoms. The molecule has 154 valence electrons. The van der Waals surface area contributed by atoms with Crippen LogP contribution in [0.3, 0.4) is 0 Å². The Morgan fingerprint density at radius 1 is 1.06 bits per heavy atom. The molecule has 5 aromatic rings. The summed E-state index contributed by atoms with van der Waals surface area (Å²) in [6, 6.07) is 17.4. The highest BCUT2D eigenvalue weighted by Crippen LogP contribution is 2.34. The Morgan fingerprint density at radius 2 is 1.94 bits per heavy atom. The molecule has 0 aliphatic carbocycles. The van der Waals surface area contributed by atoms with Crippen molar-refractivity contribution in [2.45, 2.75) is 19.6 Å². The smallest absolute Gasteiger partial charge is 0.154 e. The molecule has 31 heavy (non-hydrogen) atoms. The molecule has 0 radical (unpaired) electrons. The highest BCUT2D eigenvalue weighted by Gasteiger charge is 2.16. The lowest BCUT2D eigenvalue weighted by atomic mass is 10.0. The Balaban J connectivity index is 1.76. The SMILES string of the molecule is CC(N)c1cccc(-c2cc(-c3ccsn3)c3cnn(-c4cccc(CO)n4)c3c2)n1. The van der Waals surface area contributed by atoms with Crippen LogP contribution in [0, 0.1) is 0 Å². The van der Waals surface area contributed by atoms with E-state index in [0.29, 0.717) is 11.5 Å². The van der Waals surface area contributed by atoms with Crippen LogP contribution in [-0.4, -0.2) is 29.2 Å². The van der Waals surface area contributed by atoms with Gasteiger partial charge in [-0.2, -0.15) is 9.47 Å². The van der Waals surface area contributed by atoms with E-state index in [1.54, 1.807) is 10.7 Å². The summed E-state index contributed by atoms with van der Waals surface area (Å²) in [7, 11) is 0. The Hall–Kier alpha value is -3.46. The van der Waals surface area contributed by atoms with Gasteiger partial charge in [0.1, 0.15) is 0 Å². The minimum atomic E-state index is -0.155. The number of benzene rings is 1. The van der Waals surface area contributed by atoms with Crippen LogP contribution in [0.25, 0.3) is 39.2 Å². The summed E-state index contributed by atoms with van der Waals surface area (Å²) >= 11 is 1.41. The number of hydrogen-bond donors (Lipinski definition) is 2. The summed E-state index contributed by atoms with van der Waals surface area (Å²) in [6.07, 6.45) is 1.83. The topological polar surface area (TPSA) is 103 Å². The van der Waals surface area contributed by atoms with E-state index >= 15 is 0 Å². The lowest BCUT2D eigenvalue weighted by molar-refractivity contribution is 0.276. The first-order chi connectivity index (χ1) is 15.1. The third-order valence-corrected chi connectivity index (χ3v) is 5.67. The second-order valence-electron chi connectivity index (χ2n) is 7.28. The van der Waals surface area contributed by atoms with Crippen LogP contribution < -0.4 is 5.73 Å². The molecule has 1 aromatic carbocycles. The maximum atomic E-state index is 9.49. The number of aliphatic hydroxyl groups excluding tert-OH is 1. The van der Waals surface area contributed by atoms with Crippen LogP contribution in [0.1, 0.15) is 24.4 Å². The molecule has 1 unspecified atom stereocenters.